The number of nitriles is 1. The van der Waals surface area contributed by atoms with E-state index in [4.69, 9.17) is 5.26 Å². The number of nitrogens with one attached hydrogen (secondary N) is 2. The lowest BCUT2D eigenvalue weighted by atomic mass is 10.1. The molecule has 1 aliphatic heterocycles. The molecular weight excluding hydrogens is 402 g/mol. The Bertz CT molecular complexity index is 976. The van der Waals surface area contributed by atoms with Crippen molar-refractivity contribution in [1.29, 1.82) is 5.26 Å². The van der Waals surface area contributed by atoms with Crippen LogP contribution in [0.2, 0.25) is 0 Å². The minimum Gasteiger partial charge on any atom is -0.370 e. The highest BCUT2D eigenvalue weighted by atomic mass is 16.2. The Hall–Kier alpha value is -3.37. The van der Waals surface area contributed by atoms with Gasteiger partial charge in [-0.25, -0.2) is 0 Å². The standard InChI is InChI=1S/C25H31N5O2/c1-18-6-4-7-19(2)24(18)28-23(31)17-27-25(32)20(3)29-12-5-13-30(15-14-29)22-10-8-21(16-26)9-11-22/h4,6-11,20H,5,12-15,17H2,1-3H3,(H,27,32)(H,28,31). The molecular formula is C25H31N5O2. The zero-order valence-corrected chi connectivity index (χ0v) is 19.0. The van der Waals surface area contributed by atoms with Gasteiger partial charge in [0.25, 0.3) is 0 Å². The molecule has 3 rings (SSSR count). The van der Waals surface area contributed by atoms with E-state index < -0.39 is 0 Å². The Morgan fingerprint density at radius 1 is 1.03 bits per heavy atom. The summed E-state index contributed by atoms with van der Waals surface area (Å²) in [5, 5.41) is 14.7. The third kappa shape index (κ3) is 5.86. The molecule has 1 fully saturated rings. The molecule has 0 radical (unpaired) electrons. The number of aryl methyl sites for hydroxylation is 2. The summed E-state index contributed by atoms with van der Waals surface area (Å²) in [7, 11) is 0. The molecule has 1 atom stereocenters. The fraction of sp³-hybridized carbons (Fsp3) is 0.400. The molecule has 1 unspecified atom stereocenters. The predicted octanol–water partition coefficient (Wildman–Crippen LogP) is 2.83. The second-order valence-corrected chi connectivity index (χ2v) is 8.24. The van der Waals surface area contributed by atoms with Gasteiger partial charge in [0.15, 0.2) is 0 Å². The van der Waals surface area contributed by atoms with Crippen LogP contribution in [0.1, 0.15) is 30.0 Å². The van der Waals surface area contributed by atoms with Gasteiger partial charge in [-0.3, -0.25) is 14.5 Å². The lowest BCUT2D eigenvalue weighted by Crippen LogP contribution is -2.48. The SMILES string of the molecule is Cc1cccc(C)c1NC(=O)CNC(=O)C(C)N1CCCN(c2ccc(C#N)cc2)CC1. The van der Waals surface area contributed by atoms with Gasteiger partial charge in [0, 0.05) is 37.6 Å². The number of anilines is 2. The molecule has 0 saturated carbocycles. The second-order valence-electron chi connectivity index (χ2n) is 8.24. The maximum atomic E-state index is 12.7. The highest BCUT2D eigenvalue weighted by Gasteiger charge is 2.24. The van der Waals surface area contributed by atoms with Crippen molar-refractivity contribution in [1.82, 2.24) is 10.2 Å². The van der Waals surface area contributed by atoms with E-state index in [1.165, 1.54) is 0 Å². The van der Waals surface area contributed by atoms with E-state index in [1.807, 2.05) is 63.2 Å². The summed E-state index contributed by atoms with van der Waals surface area (Å²) in [5.41, 5.74) is 4.53. The number of carbonyl (C=O) groups is 2. The summed E-state index contributed by atoms with van der Waals surface area (Å²) < 4.78 is 0. The van der Waals surface area contributed by atoms with Crippen molar-refractivity contribution in [3.8, 4) is 6.07 Å². The molecule has 0 aromatic heterocycles. The Balaban J connectivity index is 1.49. The van der Waals surface area contributed by atoms with Gasteiger partial charge in [0.2, 0.25) is 11.8 Å². The van der Waals surface area contributed by atoms with Gasteiger partial charge in [-0.05, 0) is 62.6 Å². The molecule has 7 nitrogen and oxygen atoms in total. The van der Waals surface area contributed by atoms with Gasteiger partial charge in [-0.1, -0.05) is 18.2 Å². The van der Waals surface area contributed by atoms with Crippen LogP contribution < -0.4 is 15.5 Å². The monoisotopic (exact) mass is 433 g/mol. The molecule has 168 valence electrons. The van der Waals surface area contributed by atoms with E-state index in [-0.39, 0.29) is 24.4 Å². The summed E-state index contributed by atoms with van der Waals surface area (Å²) in [5.74, 6) is -0.376. The van der Waals surface area contributed by atoms with Crippen LogP contribution in [0, 0.1) is 25.2 Å². The van der Waals surface area contributed by atoms with Crippen molar-refractivity contribution in [2.75, 3.05) is 42.9 Å². The van der Waals surface area contributed by atoms with Gasteiger partial charge >= 0.3 is 0 Å². The topological polar surface area (TPSA) is 88.5 Å². The number of amides is 2. The van der Waals surface area contributed by atoms with Gasteiger partial charge in [-0.2, -0.15) is 5.26 Å². The quantitative estimate of drug-likeness (QED) is 0.731. The third-order valence-electron chi connectivity index (χ3n) is 5.99. The largest absolute Gasteiger partial charge is 0.370 e. The molecule has 2 aromatic rings. The van der Waals surface area contributed by atoms with Crippen molar-refractivity contribution >= 4 is 23.2 Å². The normalized spacial score (nSPS) is 15.4. The van der Waals surface area contributed by atoms with Crippen LogP contribution in [-0.2, 0) is 9.59 Å². The van der Waals surface area contributed by atoms with Crippen LogP contribution in [0.3, 0.4) is 0 Å². The minimum atomic E-state index is -0.316. The second kappa shape index (κ2) is 10.8. The van der Waals surface area contributed by atoms with E-state index in [1.54, 1.807) is 0 Å². The number of para-hydroxylation sites is 1. The number of benzene rings is 2. The highest BCUT2D eigenvalue weighted by Crippen LogP contribution is 2.20. The fourth-order valence-corrected chi connectivity index (χ4v) is 4.01. The van der Waals surface area contributed by atoms with Crippen molar-refractivity contribution in [2.24, 2.45) is 0 Å². The summed E-state index contributed by atoms with van der Waals surface area (Å²) >= 11 is 0. The number of rotatable bonds is 6. The molecule has 0 bridgehead atoms. The maximum absolute atomic E-state index is 12.7. The van der Waals surface area contributed by atoms with E-state index in [2.05, 4.69) is 26.5 Å². The fourth-order valence-electron chi connectivity index (χ4n) is 4.01. The average molecular weight is 434 g/mol. The zero-order valence-electron chi connectivity index (χ0n) is 19.0. The summed E-state index contributed by atoms with van der Waals surface area (Å²) in [6.45, 7) is 9.00. The Kier molecular flexibility index (Phi) is 7.85. The zero-order chi connectivity index (χ0) is 23.1. The number of hydrogen-bond acceptors (Lipinski definition) is 5. The lowest BCUT2D eigenvalue weighted by Gasteiger charge is -2.27. The van der Waals surface area contributed by atoms with E-state index >= 15 is 0 Å². The molecule has 2 amide bonds. The number of carbonyl (C=O) groups excluding carboxylic acids is 2. The van der Waals surface area contributed by atoms with E-state index in [0.29, 0.717) is 5.56 Å². The summed E-state index contributed by atoms with van der Waals surface area (Å²) in [6.07, 6.45) is 0.935. The summed E-state index contributed by atoms with van der Waals surface area (Å²) in [4.78, 5) is 29.5. The van der Waals surface area contributed by atoms with Crippen molar-refractivity contribution in [2.45, 2.75) is 33.2 Å². The van der Waals surface area contributed by atoms with Crippen LogP contribution in [0.5, 0.6) is 0 Å². The van der Waals surface area contributed by atoms with Crippen LogP contribution in [-0.4, -0.2) is 55.5 Å². The first kappa shape index (κ1) is 23.3. The molecule has 32 heavy (non-hydrogen) atoms. The van der Waals surface area contributed by atoms with Gasteiger partial charge in [-0.15, -0.1) is 0 Å². The van der Waals surface area contributed by atoms with Crippen LogP contribution in [0.4, 0.5) is 11.4 Å². The molecule has 0 aliphatic carbocycles. The first-order valence-electron chi connectivity index (χ1n) is 11.0. The Labute approximate surface area is 190 Å². The van der Waals surface area contributed by atoms with Crippen LogP contribution in [0.25, 0.3) is 0 Å². The molecule has 1 heterocycles. The minimum absolute atomic E-state index is 0.0534. The Morgan fingerprint density at radius 2 is 1.72 bits per heavy atom. The van der Waals surface area contributed by atoms with Crippen molar-refractivity contribution in [3.05, 3.63) is 59.2 Å². The molecule has 1 saturated heterocycles. The highest BCUT2D eigenvalue weighted by molar-refractivity contribution is 5.96. The first-order valence-corrected chi connectivity index (χ1v) is 11.0. The van der Waals surface area contributed by atoms with Gasteiger partial charge in [0.05, 0.1) is 24.2 Å². The molecule has 7 heteroatoms. The summed E-state index contributed by atoms with van der Waals surface area (Å²) in [6, 6.07) is 15.3. The molecule has 2 N–H and O–H groups in total. The van der Waals surface area contributed by atoms with E-state index in [0.717, 1.165) is 55.1 Å². The van der Waals surface area contributed by atoms with Gasteiger partial charge < -0.3 is 15.5 Å². The maximum Gasteiger partial charge on any atom is 0.243 e. The van der Waals surface area contributed by atoms with Crippen molar-refractivity contribution in [3.63, 3.8) is 0 Å². The lowest BCUT2D eigenvalue weighted by molar-refractivity contribution is -0.127. The average Bonchev–Trinajstić information content (AvgIpc) is 3.06. The molecule has 1 aliphatic rings. The first-order chi connectivity index (χ1) is 15.4. The van der Waals surface area contributed by atoms with Crippen molar-refractivity contribution < 1.29 is 9.59 Å². The van der Waals surface area contributed by atoms with Crippen LogP contribution in [0.15, 0.2) is 42.5 Å². The van der Waals surface area contributed by atoms with Crippen LogP contribution >= 0.6 is 0 Å². The third-order valence-corrected chi connectivity index (χ3v) is 5.99. The molecule has 2 aromatic carbocycles. The predicted molar refractivity (Wildman–Crippen MR) is 127 cm³/mol. The number of nitrogens with zero attached hydrogens (tertiary/aromatic N) is 3. The smallest absolute Gasteiger partial charge is 0.243 e. The van der Waals surface area contributed by atoms with Gasteiger partial charge in [0.1, 0.15) is 0 Å². The van der Waals surface area contributed by atoms with E-state index in [9.17, 15) is 9.59 Å². The Morgan fingerprint density at radius 3 is 2.38 bits per heavy atom. The number of hydrogen-bond donors (Lipinski definition) is 2. The molecule has 0 spiro atoms.